The van der Waals surface area contributed by atoms with E-state index in [-0.39, 0.29) is 0 Å². The van der Waals surface area contributed by atoms with Crippen molar-refractivity contribution in [2.75, 3.05) is 7.11 Å². The molecule has 0 amide bonds. The number of hydrogen-bond donors (Lipinski definition) is 1. The van der Waals surface area contributed by atoms with Crippen molar-refractivity contribution >= 4 is 17.3 Å². The number of ether oxygens (including phenoxy) is 1. The highest BCUT2D eigenvalue weighted by atomic mass is 32.1. The van der Waals surface area contributed by atoms with Crippen LogP contribution in [-0.4, -0.2) is 18.2 Å². The highest BCUT2D eigenvalue weighted by Crippen LogP contribution is 2.24. The van der Waals surface area contributed by atoms with Crippen molar-refractivity contribution in [3.63, 3.8) is 0 Å². The third-order valence-corrected chi connectivity index (χ3v) is 3.07. The molecule has 0 fully saturated rings. The lowest BCUT2D eigenvalue weighted by Gasteiger charge is -2.04. The maximum absolute atomic E-state index is 11.0. The monoisotopic (exact) mass is 214 g/mol. The zero-order valence-electron chi connectivity index (χ0n) is 8.32. The van der Waals surface area contributed by atoms with E-state index in [4.69, 9.17) is 0 Å². The van der Waals surface area contributed by atoms with Crippen molar-refractivity contribution < 1.29 is 14.6 Å². The molecule has 0 aromatic carbocycles. The minimum atomic E-state index is -1.13. The van der Waals surface area contributed by atoms with E-state index in [1.54, 1.807) is 6.07 Å². The fraction of sp³-hybridized carbons (Fsp3) is 0.500. The van der Waals surface area contributed by atoms with E-state index < -0.39 is 12.1 Å². The van der Waals surface area contributed by atoms with Gasteiger partial charge in [0.05, 0.1) is 7.11 Å². The molecule has 3 nitrogen and oxygen atoms in total. The molecule has 1 aromatic heterocycles. The fourth-order valence-electron chi connectivity index (χ4n) is 1.15. The zero-order valence-corrected chi connectivity index (χ0v) is 9.13. The predicted molar refractivity (Wildman–Crippen MR) is 55.3 cm³/mol. The highest BCUT2D eigenvalue weighted by Gasteiger charge is 2.19. The van der Waals surface area contributed by atoms with Gasteiger partial charge in [-0.3, -0.25) is 0 Å². The van der Waals surface area contributed by atoms with Crippen LogP contribution >= 0.6 is 11.3 Å². The number of aryl methyl sites for hydroxylation is 1. The largest absolute Gasteiger partial charge is 0.467 e. The Labute approximate surface area is 87.3 Å². The van der Waals surface area contributed by atoms with Gasteiger partial charge in [-0.15, -0.1) is 11.3 Å². The molecule has 0 aliphatic heterocycles. The second kappa shape index (κ2) is 5.12. The normalized spacial score (nSPS) is 12.5. The molecular weight excluding hydrogens is 200 g/mol. The average Bonchev–Trinajstić information content (AvgIpc) is 2.64. The van der Waals surface area contributed by atoms with Crippen LogP contribution in [0, 0.1) is 0 Å². The van der Waals surface area contributed by atoms with E-state index in [9.17, 15) is 9.90 Å². The molecule has 0 saturated carbocycles. The van der Waals surface area contributed by atoms with Gasteiger partial charge in [0.15, 0.2) is 6.10 Å². The van der Waals surface area contributed by atoms with Crippen LogP contribution in [0.4, 0.5) is 0 Å². The molecular formula is C10H14O3S. The predicted octanol–water partition coefficient (Wildman–Crippen LogP) is 1.91. The van der Waals surface area contributed by atoms with Crippen LogP contribution in [0.1, 0.15) is 29.2 Å². The number of methoxy groups -OCH3 is 1. The Hall–Kier alpha value is -0.870. The molecule has 0 radical (unpaired) electrons. The summed E-state index contributed by atoms with van der Waals surface area (Å²) in [6, 6.07) is 3.72. The van der Waals surface area contributed by atoms with E-state index in [1.165, 1.54) is 23.3 Å². The average molecular weight is 214 g/mol. The van der Waals surface area contributed by atoms with Gasteiger partial charge in [-0.25, -0.2) is 4.79 Å². The first-order valence-electron chi connectivity index (χ1n) is 4.53. The van der Waals surface area contributed by atoms with Crippen molar-refractivity contribution in [1.82, 2.24) is 0 Å². The van der Waals surface area contributed by atoms with Gasteiger partial charge in [-0.2, -0.15) is 0 Å². The number of esters is 1. The van der Waals surface area contributed by atoms with Crippen LogP contribution in [0.2, 0.25) is 0 Å². The molecule has 1 aromatic rings. The lowest BCUT2D eigenvalue weighted by molar-refractivity contribution is -0.150. The number of hydrogen-bond acceptors (Lipinski definition) is 4. The van der Waals surface area contributed by atoms with Crippen molar-refractivity contribution in [3.05, 3.63) is 21.9 Å². The van der Waals surface area contributed by atoms with Crippen LogP contribution in [0.15, 0.2) is 12.1 Å². The molecule has 0 spiro atoms. The molecule has 1 atom stereocenters. The summed E-state index contributed by atoms with van der Waals surface area (Å²) in [7, 11) is 1.27. The Bertz CT molecular complexity index is 306. The van der Waals surface area contributed by atoms with Gasteiger partial charge in [0, 0.05) is 9.75 Å². The minimum absolute atomic E-state index is 0.602. The van der Waals surface area contributed by atoms with Crippen molar-refractivity contribution in [2.24, 2.45) is 0 Å². The first-order valence-corrected chi connectivity index (χ1v) is 5.35. The second-order valence-corrected chi connectivity index (χ2v) is 4.18. The fourth-order valence-corrected chi connectivity index (χ4v) is 2.24. The molecule has 1 unspecified atom stereocenters. The first-order chi connectivity index (χ1) is 6.69. The summed E-state index contributed by atoms with van der Waals surface area (Å²) in [6.45, 7) is 2.09. The SMILES string of the molecule is CCCc1ccc(C(O)C(=O)OC)s1. The van der Waals surface area contributed by atoms with Crippen LogP contribution in [0.25, 0.3) is 0 Å². The molecule has 1 N–H and O–H groups in total. The smallest absolute Gasteiger partial charge is 0.340 e. The lowest BCUT2D eigenvalue weighted by atomic mass is 10.2. The maximum atomic E-state index is 11.0. The van der Waals surface area contributed by atoms with Gasteiger partial charge in [-0.1, -0.05) is 13.3 Å². The van der Waals surface area contributed by atoms with Gasteiger partial charge in [-0.05, 0) is 18.6 Å². The topological polar surface area (TPSA) is 46.5 Å². The third kappa shape index (κ3) is 2.56. The van der Waals surface area contributed by atoms with Gasteiger partial charge >= 0.3 is 5.97 Å². The number of carbonyl (C=O) groups excluding carboxylic acids is 1. The molecule has 0 saturated heterocycles. The van der Waals surface area contributed by atoms with Crippen molar-refractivity contribution in [3.8, 4) is 0 Å². The Kier molecular flexibility index (Phi) is 4.10. The van der Waals surface area contributed by atoms with Crippen LogP contribution in [-0.2, 0) is 16.0 Å². The minimum Gasteiger partial charge on any atom is -0.467 e. The summed E-state index contributed by atoms with van der Waals surface area (Å²) in [5.41, 5.74) is 0. The molecule has 0 aliphatic rings. The lowest BCUT2D eigenvalue weighted by Crippen LogP contribution is -2.11. The summed E-state index contributed by atoms with van der Waals surface area (Å²) >= 11 is 1.46. The summed E-state index contributed by atoms with van der Waals surface area (Å²) in [5, 5.41) is 9.51. The van der Waals surface area contributed by atoms with E-state index in [0.717, 1.165) is 12.8 Å². The Morgan fingerprint density at radius 3 is 2.93 bits per heavy atom. The maximum Gasteiger partial charge on any atom is 0.340 e. The highest BCUT2D eigenvalue weighted by molar-refractivity contribution is 7.12. The van der Waals surface area contributed by atoms with Gasteiger partial charge in [0.25, 0.3) is 0 Å². The van der Waals surface area contributed by atoms with E-state index in [1.807, 2.05) is 6.07 Å². The molecule has 4 heteroatoms. The molecule has 0 aliphatic carbocycles. The molecule has 1 rings (SSSR count). The van der Waals surface area contributed by atoms with Gasteiger partial charge in [0.2, 0.25) is 0 Å². The number of carbonyl (C=O) groups is 1. The third-order valence-electron chi connectivity index (χ3n) is 1.87. The van der Waals surface area contributed by atoms with Gasteiger partial charge < -0.3 is 9.84 Å². The zero-order chi connectivity index (χ0) is 10.6. The van der Waals surface area contributed by atoms with E-state index >= 15 is 0 Å². The standard InChI is InChI=1S/C10H14O3S/c1-3-4-7-5-6-8(14-7)9(11)10(12)13-2/h5-6,9,11H,3-4H2,1-2H3. The summed E-state index contributed by atoms with van der Waals surface area (Å²) in [6.07, 6.45) is 0.919. The van der Waals surface area contributed by atoms with E-state index in [0.29, 0.717) is 4.88 Å². The van der Waals surface area contributed by atoms with Crippen LogP contribution in [0.5, 0.6) is 0 Å². The number of thiophene rings is 1. The van der Waals surface area contributed by atoms with Crippen molar-refractivity contribution in [2.45, 2.75) is 25.9 Å². The number of aliphatic hydroxyl groups excluding tert-OH is 1. The number of rotatable bonds is 4. The first kappa shape index (κ1) is 11.2. The quantitative estimate of drug-likeness (QED) is 0.779. The Morgan fingerprint density at radius 2 is 2.36 bits per heavy atom. The summed E-state index contributed by atoms with van der Waals surface area (Å²) in [4.78, 5) is 12.9. The molecule has 0 bridgehead atoms. The van der Waals surface area contributed by atoms with Gasteiger partial charge in [0.1, 0.15) is 0 Å². The molecule has 1 heterocycles. The van der Waals surface area contributed by atoms with E-state index in [2.05, 4.69) is 11.7 Å². The number of aliphatic hydroxyl groups is 1. The van der Waals surface area contributed by atoms with Crippen molar-refractivity contribution in [1.29, 1.82) is 0 Å². The Balaban J connectivity index is 2.70. The molecule has 78 valence electrons. The van der Waals surface area contributed by atoms with Crippen LogP contribution in [0.3, 0.4) is 0 Å². The molecule has 14 heavy (non-hydrogen) atoms. The summed E-state index contributed by atoms with van der Waals surface area (Å²) < 4.78 is 4.45. The second-order valence-electron chi connectivity index (χ2n) is 2.98. The Morgan fingerprint density at radius 1 is 1.64 bits per heavy atom. The summed E-state index contributed by atoms with van der Waals surface area (Å²) in [5.74, 6) is -0.602. The van der Waals surface area contributed by atoms with Crippen LogP contribution < -0.4 is 0 Å².